The number of nitrogens with two attached hydrogens (primary N) is 1. The van der Waals surface area contributed by atoms with Crippen LogP contribution in [0.1, 0.15) is 22.5 Å². The van der Waals surface area contributed by atoms with Crippen molar-refractivity contribution >= 4 is 21.8 Å². The molecule has 1 aromatic heterocycles. The number of primary amides is 1. The lowest BCUT2D eigenvalue weighted by molar-refractivity contribution is -0.119. The number of hydrogen-bond donors (Lipinski definition) is 2. The predicted octanol–water partition coefficient (Wildman–Crippen LogP) is 0.588. The van der Waals surface area contributed by atoms with Crippen LogP contribution >= 0.6 is 0 Å². The number of benzene rings is 1. The van der Waals surface area contributed by atoms with Gasteiger partial charge in [-0.2, -0.15) is 0 Å². The Kier molecular flexibility index (Phi) is 6.75. The van der Waals surface area contributed by atoms with Crippen LogP contribution in [0.15, 0.2) is 29.3 Å². The van der Waals surface area contributed by atoms with E-state index in [9.17, 15) is 18.0 Å². The molecule has 0 atom stereocenters. The van der Waals surface area contributed by atoms with Crippen LogP contribution < -0.4 is 24.7 Å². The Morgan fingerprint density at radius 3 is 2.10 bits per heavy atom. The summed E-state index contributed by atoms with van der Waals surface area (Å²) in [5.41, 5.74) is 5.89. The molecule has 0 saturated heterocycles. The van der Waals surface area contributed by atoms with E-state index in [2.05, 4.69) is 0 Å². The molecule has 1 heterocycles. The Bertz CT molecular complexity index is 1000. The molecule has 10 nitrogen and oxygen atoms in total. The van der Waals surface area contributed by atoms with Gasteiger partial charge in [-0.3, -0.25) is 9.59 Å². The van der Waals surface area contributed by atoms with Crippen molar-refractivity contribution in [3.8, 4) is 17.2 Å². The number of nitrogens with one attached hydrogen (secondary N) is 1. The molecule has 0 aliphatic rings. The molecule has 0 fully saturated rings. The van der Waals surface area contributed by atoms with Crippen LogP contribution in [0.3, 0.4) is 0 Å². The average Bonchev–Trinajstić information content (AvgIpc) is 3.08. The van der Waals surface area contributed by atoms with Crippen molar-refractivity contribution in [2.45, 2.75) is 17.7 Å². The minimum Gasteiger partial charge on any atom is -0.493 e. The van der Waals surface area contributed by atoms with Crippen LogP contribution in [0.25, 0.3) is 0 Å². The van der Waals surface area contributed by atoms with Gasteiger partial charge in [0.1, 0.15) is 10.6 Å². The van der Waals surface area contributed by atoms with Crippen molar-refractivity contribution in [1.82, 2.24) is 9.29 Å². The third-order valence-corrected chi connectivity index (χ3v) is 5.50. The molecule has 0 aliphatic carbocycles. The molecule has 0 aliphatic heterocycles. The Morgan fingerprint density at radius 1 is 1.07 bits per heavy atom. The van der Waals surface area contributed by atoms with Crippen molar-refractivity contribution in [3.63, 3.8) is 0 Å². The fourth-order valence-electron chi connectivity index (χ4n) is 2.72. The van der Waals surface area contributed by atoms with E-state index in [0.29, 0.717) is 22.8 Å². The predicted molar refractivity (Wildman–Crippen MR) is 104 cm³/mol. The van der Waals surface area contributed by atoms with Gasteiger partial charge in [0.05, 0.1) is 21.3 Å². The number of nitrogens with zero attached hydrogens (tertiary/aromatic N) is 1. The summed E-state index contributed by atoms with van der Waals surface area (Å²) in [7, 11) is 1.77. The second-order valence-electron chi connectivity index (χ2n) is 6.10. The van der Waals surface area contributed by atoms with Gasteiger partial charge >= 0.3 is 0 Å². The van der Waals surface area contributed by atoms with Gasteiger partial charge in [0, 0.05) is 19.7 Å². The summed E-state index contributed by atoms with van der Waals surface area (Å²) in [5.74, 6) is -0.206. The largest absolute Gasteiger partial charge is 0.493 e. The first-order valence-electron chi connectivity index (χ1n) is 8.43. The number of rotatable bonds is 9. The second kappa shape index (κ2) is 8.86. The topological polar surface area (TPSA) is 139 Å². The molecule has 2 aromatic rings. The Morgan fingerprint density at radius 2 is 1.66 bits per heavy atom. The molecular formula is C18H23N3O7S. The fraction of sp³-hybridized carbons (Fsp3) is 0.333. The molecule has 0 saturated carbocycles. The van der Waals surface area contributed by atoms with Crippen LogP contribution in [0, 0.1) is 0 Å². The quantitative estimate of drug-likeness (QED) is 0.599. The standard InChI is InChI=1S/C18H23N3O7S/c1-21-10-12(9-13(21)18(19)23)29(24,25)20-16(22)6-5-11-7-14(26-2)17(28-4)15(8-11)27-3/h7-10H,5-6H2,1-4H3,(H2,19,23)(H,20,22). The summed E-state index contributed by atoms with van der Waals surface area (Å²) in [6.45, 7) is 0. The molecule has 158 valence electrons. The van der Waals surface area contributed by atoms with Crippen molar-refractivity contribution in [2.24, 2.45) is 12.8 Å². The van der Waals surface area contributed by atoms with Crippen LogP contribution in [0.2, 0.25) is 0 Å². The normalized spacial score (nSPS) is 11.0. The van der Waals surface area contributed by atoms with Crippen LogP contribution in [-0.4, -0.2) is 46.1 Å². The summed E-state index contributed by atoms with van der Waals surface area (Å²) in [6.07, 6.45) is 1.33. The highest BCUT2D eigenvalue weighted by Gasteiger charge is 2.22. The zero-order valence-electron chi connectivity index (χ0n) is 16.5. The third kappa shape index (κ3) is 4.99. The monoisotopic (exact) mass is 425 g/mol. The van der Waals surface area contributed by atoms with Gasteiger partial charge in [-0.05, 0) is 30.2 Å². The second-order valence-corrected chi connectivity index (χ2v) is 7.78. The minimum absolute atomic E-state index is 0.00949. The van der Waals surface area contributed by atoms with Crippen molar-refractivity contribution in [3.05, 3.63) is 35.7 Å². The van der Waals surface area contributed by atoms with E-state index >= 15 is 0 Å². The molecule has 0 bridgehead atoms. The number of carbonyl (C=O) groups is 2. The van der Waals surface area contributed by atoms with Crippen LogP contribution in [0.4, 0.5) is 0 Å². The van der Waals surface area contributed by atoms with Crippen LogP contribution in [-0.2, 0) is 28.3 Å². The highest BCUT2D eigenvalue weighted by atomic mass is 32.2. The van der Waals surface area contributed by atoms with Gasteiger partial charge in [-0.1, -0.05) is 0 Å². The maximum Gasteiger partial charge on any atom is 0.265 e. The van der Waals surface area contributed by atoms with E-state index in [-0.39, 0.29) is 23.4 Å². The number of sulfonamides is 1. The smallest absolute Gasteiger partial charge is 0.265 e. The van der Waals surface area contributed by atoms with E-state index in [1.807, 2.05) is 4.72 Å². The number of methoxy groups -OCH3 is 3. The van der Waals surface area contributed by atoms with E-state index in [0.717, 1.165) is 6.07 Å². The van der Waals surface area contributed by atoms with E-state index in [1.165, 1.54) is 39.1 Å². The summed E-state index contributed by atoms with van der Waals surface area (Å²) < 4.78 is 43.8. The van der Waals surface area contributed by atoms with Gasteiger partial charge in [-0.25, -0.2) is 13.1 Å². The Labute approximate surface area is 168 Å². The van der Waals surface area contributed by atoms with Crippen molar-refractivity contribution < 1.29 is 32.2 Å². The molecule has 2 amide bonds. The lowest BCUT2D eigenvalue weighted by atomic mass is 10.1. The summed E-state index contributed by atoms with van der Waals surface area (Å²) in [5, 5.41) is 0. The van der Waals surface area contributed by atoms with Gasteiger partial charge < -0.3 is 24.5 Å². The number of amides is 2. The maximum absolute atomic E-state index is 12.4. The summed E-state index contributed by atoms with van der Waals surface area (Å²) in [4.78, 5) is 23.2. The Balaban J connectivity index is 2.11. The first-order valence-corrected chi connectivity index (χ1v) is 9.92. The first kappa shape index (κ1) is 22.1. The number of aryl methyl sites for hydroxylation is 2. The Hall–Kier alpha value is -3.21. The molecule has 3 N–H and O–H groups in total. The van der Waals surface area contributed by atoms with Crippen molar-refractivity contribution in [1.29, 1.82) is 0 Å². The third-order valence-electron chi connectivity index (χ3n) is 4.16. The highest BCUT2D eigenvalue weighted by molar-refractivity contribution is 7.90. The van der Waals surface area contributed by atoms with E-state index in [1.54, 1.807) is 12.1 Å². The van der Waals surface area contributed by atoms with E-state index in [4.69, 9.17) is 19.9 Å². The number of hydrogen-bond acceptors (Lipinski definition) is 7. The van der Waals surface area contributed by atoms with Gasteiger partial charge in [-0.15, -0.1) is 0 Å². The molecule has 29 heavy (non-hydrogen) atoms. The molecule has 0 radical (unpaired) electrons. The highest BCUT2D eigenvalue weighted by Crippen LogP contribution is 2.38. The van der Waals surface area contributed by atoms with Gasteiger partial charge in [0.15, 0.2) is 11.5 Å². The average molecular weight is 425 g/mol. The lowest BCUT2D eigenvalue weighted by Gasteiger charge is -2.14. The van der Waals surface area contributed by atoms with Gasteiger partial charge in [0.25, 0.3) is 15.9 Å². The fourth-order valence-corrected chi connectivity index (χ4v) is 3.81. The SMILES string of the molecule is COc1cc(CCC(=O)NS(=O)(=O)c2cc(C(N)=O)n(C)c2)cc(OC)c1OC. The molecule has 2 rings (SSSR count). The van der Waals surface area contributed by atoms with E-state index < -0.39 is 21.8 Å². The lowest BCUT2D eigenvalue weighted by Crippen LogP contribution is -2.30. The zero-order chi connectivity index (χ0) is 21.8. The number of carbonyl (C=O) groups excluding carboxylic acids is 2. The molecule has 0 unspecified atom stereocenters. The van der Waals surface area contributed by atoms with Crippen LogP contribution in [0.5, 0.6) is 17.2 Å². The van der Waals surface area contributed by atoms with Crippen molar-refractivity contribution in [2.75, 3.05) is 21.3 Å². The number of aromatic nitrogens is 1. The zero-order valence-corrected chi connectivity index (χ0v) is 17.3. The number of ether oxygens (including phenoxy) is 3. The minimum atomic E-state index is -4.13. The maximum atomic E-state index is 12.4. The summed E-state index contributed by atoms with van der Waals surface area (Å²) >= 11 is 0. The first-order chi connectivity index (χ1) is 13.6. The molecular weight excluding hydrogens is 402 g/mol. The molecule has 11 heteroatoms. The molecule has 0 spiro atoms. The summed E-state index contributed by atoms with van der Waals surface area (Å²) in [6, 6.07) is 4.47. The molecule has 1 aromatic carbocycles. The van der Waals surface area contributed by atoms with Gasteiger partial charge in [0.2, 0.25) is 11.7 Å².